The average Bonchev–Trinajstić information content (AvgIpc) is 2.45. The first-order valence-electron chi connectivity index (χ1n) is 7.54. The molecule has 1 heterocycles. The number of halogens is 2. The highest BCUT2D eigenvalue weighted by atomic mass is 35.5. The Morgan fingerprint density at radius 1 is 1.00 bits per heavy atom. The van der Waals surface area contributed by atoms with Crippen LogP contribution in [0.5, 0.6) is 0 Å². The molecule has 1 fully saturated rings. The van der Waals surface area contributed by atoms with Gasteiger partial charge in [-0.1, -0.05) is 30.7 Å². The van der Waals surface area contributed by atoms with E-state index in [9.17, 15) is 4.39 Å². The van der Waals surface area contributed by atoms with Crippen LogP contribution in [0.2, 0.25) is 0 Å². The number of hydrogen-bond acceptors (Lipinski definition) is 3. The zero-order valence-corrected chi connectivity index (χ0v) is 13.3. The molecule has 118 valence electrons. The Morgan fingerprint density at radius 3 is 2.43 bits per heavy atom. The Hall–Kier alpha value is -2.20. The van der Waals surface area contributed by atoms with Crippen molar-refractivity contribution in [3.05, 3.63) is 54.0 Å². The van der Waals surface area contributed by atoms with Crippen LogP contribution in [0.15, 0.2) is 42.5 Å². The number of hydrogen-bond donors (Lipinski definition) is 1. The van der Waals surface area contributed by atoms with E-state index in [0.29, 0.717) is 11.3 Å². The van der Waals surface area contributed by atoms with Gasteiger partial charge in [0.05, 0.1) is 5.69 Å². The molecule has 1 saturated carbocycles. The van der Waals surface area contributed by atoms with E-state index in [0.717, 1.165) is 35.2 Å². The molecule has 0 radical (unpaired) electrons. The Labute approximate surface area is 140 Å². The van der Waals surface area contributed by atoms with Gasteiger partial charge in [-0.05, 0) is 36.4 Å². The Morgan fingerprint density at radius 2 is 1.74 bits per heavy atom. The predicted molar refractivity (Wildman–Crippen MR) is 93.2 cm³/mol. The first-order chi connectivity index (χ1) is 10.7. The van der Waals surface area contributed by atoms with Crippen molar-refractivity contribution in [2.24, 2.45) is 0 Å². The van der Waals surface area contributed by atoms with Gasteiger partial charge in [-0.25, -0.2) is 14.4 Å². The van der Waals surface area contributed by atoms with Crippen molar-refractivity contribution in [2.75, 3.05) is 5.73 Å². The number of aromatic nitrogens is 2. The third kappa shape index (κ3) is 2.75. The molecule has 0 spiro atoms. The van der Waals surface area contributed by atoms with E-state index in [2.05, 4.69) is 9.97 Å². The van der Waals surface area contributed by atoms with Crippen LogP contribution in [0.1, 0.15) is 30.9 Å². The number of fused-ring (bicyclic) bond motifs is 1. The molecule has 4 rings (SSSR count). The third-order valence-corrected chi connectivity index (χ3v) is 4.43. The molecular weight excluding hydrogens is 313 g/mol. The van der Waals surface area contributed by atoms with Crippen molar-refractivity contribution in [3.63, 3.8) is 0 Å². The van der Waals surface area contributed by atoms with Gasteiger partial charge in [-0.15, -0.1) is 12.4 Å². The molecule has 5 heteroatoms. The summed E-state index contributed by atoms with van der Waals surface area (Å²) in [4.78, 5) is 8.74. The lowest BCUT2D eigenvalue weighted by atomic mass is 9.82. The van der Waals surface area contributed by atoms with Gasteiger partial charge in [0.1, 0.15) is 5.82 Å². The number of nitrogens with two attached hydrogens (primary N) is 1. The maximum atomic E-state index is 14.0. The normalized spacial score (nSPS) is 14.3. The first-order valence-corrected chi connectivity index (χ1v) is 7.54. The standard InChI is InChI=1S/C18H16FN3.ClH/c19-15-9-8-14(12-6-1-2-7-13(12)15)17-10-16(11-4-3-5-11)21-18(20)22-17;/h1-2,6-11H,3-5H2,(H2,20,21,22);1H. The summed E-state index contributed by atoms with van der Waals surface area (Å²) in [6.45, 7) is 0. The highest BCUT2D eigenvalue weighted by Crippen LogP contribution is 2.37. The van der Waals surface area contributed by atoms with E-state index in [4.69, 9.17) is 5.73 Å². The van der Waals surface area contributed by atoms with Gasteiger partial charge in [0.25, 0.3) is 0 Å². The fourth-order valence-corrected chi connectivity index (χ4v) is 3.02. The van der Waals surface area contributed by atoms with Crippen molar-refractivity contribution in [1.29, 1.82) is 0 Å². The van der Waals surface area contributed by atoms with Crippen LogP contribution in [0.25, 0.3) is 22.0 Å². The smallest absolute Gasteiger partial charge is 0.220 e. The van der Waals surface area contributed by atoms with Gasteiger partial charge in [0.15, 0.2) is 0 Å². The summed E-state index contributed by atoms with van der Waals surface area (Å²) in [6, 6.07) is 12.7. The lowest BCUT2D eigenvalue weighted by Gasteiger charge is -2.25. The summed E-state index contributed by atoms with van der Waals surface area (Å²) in [5.41, 5.74) is 8.56. The molecule has 0 atom stereocenters. The molecule has 0 unspecified atom stereocenters. The lowest BCUT2D eigenvalue weighted by Crippen LogP contribution is -2.12. The topological polar surface area (TPSA) is 51.8 Å². The van der Waals surface area contributed by atoms with Crippen molar-refractivity contribution in [1.82, 2.24) is 9.97 Å². The van der Waals surface area contributed by atoms with Crippen LogP contribution >= 0.6 is 12.4 Å². The van der Waals surface area contributed by atoms with Gasteiger partial charge in [-0.3, -0.25) is 0 Å². The van der Waals surface area contributed by atoms with Gasteiger partial charge in [0.2, 0.25) is 5.95 Å². The van der Waals surface area contributed by atoms with Gasteiger partial charge in [0, 0.05) is 22.6 Å². The summed E-state index contributed by atoms with van der Waals surface area (Å²) < 4.78 is 14.0. The summed E-state index contributed by atoms with van der Waals surface area (Å²) in [5, 5.41) is 1.45. The first kappa shape index (κ1) is 15.7. The SMILES string of the molecule is Cl.Nc1nc(-c2ccc(F)c3ccccc23)cc(C2CCC2)n1. The highest BCUT2D eigenvalue weighted by molar-refractivity contribution is 5.96. The molecule has 0 bridgehead atoms. The van der Waals surface area contributed by atoms with E-state index in [1.165, 1.54) is 12.5 Å². The minimum Gasteiger partial charge on any atom is -0.368 e. The number of nitrogens with zero attached hydrogens (tertiary/aromatic N) is 2. The van der Waals surface area contributed by atoms with Crippen molar-refractivity contribution in [3.8, 4) is 11.3 Å². The van der Waals surface area contributed by atoms with Crippen LogP contribution in [-0.2, 0) is 0 Å². The third-order valence-electron chi connectivity index (χ3n) is 4.43. The Bertz CT molecular complexity index is 862. The number of benzene rings is 2. The largest absolute Gasteiger partial charge is 0.368 e. The van der Waals surface area contributed by atoms with E-state index < -0.39 is 0 Å². The molecule has 2 aromatic carbocycles. The van der Waals surface area contributed by atoms with Crippen LogP contribution in [0.4, 0.5) is 10.3 Å². The average molecular weight is 330 g/mol. The molecule has 2 N–H and O–H groups in total. The summed E-state index contributed by atoms with van der Waals surface area (Å²) in [6.07, 6.45) is 3.55. The number of rotatable bonds is 2. The van der Waals surface area contributed by atoms with Gasteiger partial charge in [-0.2, -0.15) is 0 Å². The van der Waals surface area contributed by atoms with Crippen LogP contribution < -0.4 is 5.73 Å². The second-order valence-electron chi connectivity index (χ2n) is 5.80. The second-order valence-corrected chi connectivity index (χ2v) is 5.80. The maximum absolute atomic E-state index is 14.0. The molecule has 1 aliphatic carbocycles. The quantitative estimate of drug-likeness (QED) is 0.741. The number of anilines is 1. The molecule has 0 aliphatic heterocycles. The molecule has 3 nitrogen and oxygen atoms in total. The van der Waals surface area contributed by atoms with Crippen molar-refractivity contribution >= 4 is 29.1 Å². The van der Waals surface area contributed by atoms with E-state index in [1.54, 1.807) is 12.1 Å². The molecule has 0 amide bonds. The van der Waals surface area contributed by atoms with Crippen LogP contribution in [0, 0.1) is 5.82 Å². The van der Waals surface area contributed by atoms with Crippen molar-refractivity contribution < 1.29 is 4.39 Å². The molecular formula is C18H17ClFN3. The monoisotopic (exact) mass is 329 g/mol. The molecule has 3 aromatic rings. The van der Waals surface area contributed by atoms with Crippen LogP contribution in [-0.4, -0.2) is 9.97 Å². The second kappa shape index (κ2) is 6.13. The zero-order chi connectivity index (χ0) is 15.1. The van der Waals surface area contributed by atoms with Gasteiger partial charge < -0.3 is 5.73 Å². The molecule has 23 heavy (non-hydrogen) atoms. The minimum atomic E-state index is -0.222. The fraction of sp³-hybridized carbons (Fsp3) is 0.222. The van der Waals surface area contributed by atoms with Crippen molar-refractivity contribution in [2.45, 2.75) is 25.2 Å². The Kier molecular flexibility index (Phi) is 4.18. The zero-order valence-electron chi connectivity index (χ0n) is 12.5. The fourth-order valence-electron chi connectivity index (χ4n) is 3.02. The van der Waals surface area contributed by atoms with E-state index in [1.807, 2.05) is 24.3 Å². The predicted octanol–water partition coefficient (Wildman–Crippen LogP) is 4.71. The maximum Gasteiger partial charge on any atom is 0.220 e. The van der Waals surface area contributed by atoms with Gasteiger partial charge >= 0.3 is 0 Å². The summed E-state index contributed by atoms with van der Waals surface area (Å²) in [7, 11) is 0. The van der Waals surface area contributed by atoms with E-state index >= 15 is 0 Å². The number of nitrogen functional groups attached to an aromatic ring is 1. The lowest BCUT2D eigenvalue weighted by molar-refractivity contribution is 0.411. The molecule has 1 aromatic heterocycles. The van der Waals surface area contributed by atoms with E-state index in [-0.39, 0.29) is 24.2 Å². The van der Waals surface area contributed by atoms with Crippen LogP contribution in [0.3, 0.4) is 0 Å². The summed E-state index contributed by atoms with van der Waals surface area (Å²) >= 11 is 0. The Balaban J connectivity index is 0.00000156. The summed E-state index contributed by atoms with van der Waals surface area (Å²) in [5.74, 6) is 0.546. The highest BCUT2D eigenvalue weighted by Gasteiger charge is 2.22. The molecule has 0 saturated heterocycles. The minimum absolute atomic E-state index is 0. The molecule has 1 aliphatic rings.